The van der Waals surface area contributed by atoms with Gasteiger partial charge >= 0.3 is 6.09 Å². The number of fused-ring (bicyclic) bond motifs is 1. The van der Waals surface area contributed by atoms with Gasteiger partial charge < -0.3 is 19.5 Å². The van der Waals surface area contributed by atoms with E-state index in [4.69, 9.17) is 4.74 Å². The molecular formula is C25H27FN4O6S. The molecule has 0 spiro atoms. The van der Waals surface area contributed by atoms with Crippen molar-refractivity contribution in [3.63, 3.8) is 0 Å². The molecule has 0 saturated carbocycles. The van der Waals surface area contributed by atoms with Crippen LogP contribution in [0.25, 0.3) is 10.9 Å². The number of hydrogen-bond acceptors (Lipinski definition) is 6. The number of anilines is 1. The molecule has 0 radical (unpaired) electrons. The summed E-state index contributed by atoms with van der Waals surface area (Å²) in [5.74, 6) is -1.00. The zero-order valence-electron chi connectivity index (χ0n) is 20.4. The molecule has 4 rings (SSSR count). The highest BCUT2D eigenvalue weighted by Gasteiger charge is 2.28. The third-order valence-electron chi connectivity index (χ3n) is 6.17. The van der Waals surface area contributed by atoms with E-state index in [9.17, 15) is 27.2 Å². The van der Waals surface area contributed by atoms with Crippen molar-refractivity contribution < 1.29 is 27.1 Å². The zero-order chi connectivity index (χ0) is 26.7. The number of amides is 2. The molecule has 0 unspecified atom stereocenters. The van der Waals surface area contributed by atoms with Crippen LogP contribution in [0.5, 0.6) is 0 Å². The number of nitrogens with zero attached hydrogens (tertiary/aromatic N) is 3. The third kappa shape index (κ3) is 5.15. The van der Waals surface area contributed by atoms with Gasteiger partial charge in [-0.2, -0.15) is 0 Å². The molecule has 196 valence electrons. The van der Waals surface area contributed by atoms with Crippen LogP contribution in [0.15, 0.2) is 58.4 Å². The first-order valence-electron chi connectivity index (χ1n) is 11.8. The number of halogens is 1. The number of aromatic amines is 1. The molecule has 0 atom stereocenters. The smallest absolute Gasteiger partial charge is 0.409 e. The normalized spacial score (nSPS) is 14.0. The SMILES string of the molecule is CCOC(=O)N1CCN(C(=O)c2c[nH]c3ccc(S(=O)(=O)N(CC)c4ccc(F)cc4)cc3c2=O)CC1. The van der Waals surface area contributed by atoms with E-state index in [1.807, 2.05) is 0 Å². The molecule has 2 aromatic carbocycles. The molecule has 1 aromatic heterocycles. The maximum Gasteiger partial charge on any atom is 0.409 e. The molecule has 1 fully saturated rings. The predicted molar refractivity (Wildman–Crippen MR) is 136 cm³/mol. The van der Waals surface area contributed by atoms with E-state index in [1.165, 1.54) is 58.5 Å². The Labute approximate surface area is 213 Å². The second-order valence-electron chi connectivity index (χ2n) is 8.36. The van der Waals surface area contributed by atoms with E-state index in [0.29, 0.717) is 5.52 Å². The maximum atomic E-state index is 13.4. The summed E-state index contributed by atoms with van der Waals surface area (Å²) in [6.07, 6.45) is 0.865. The number of carbonyl (C=O) groups excluding carboxylic acids is 2. The van der Waals surface area contributed by atoms with E-state index in [-0.39, 0.29) is 60.9 Å². The van der Waals surface area contributed by atoms with Crippen molar-refractivity contribution >= 4 is 38.6 Å². The van der Waals surface area contributed by atoms with Crippen LogP contribution in [0.4, 0.5) is 14.9 Å². The van der Waals surface area contributed by atoms with Crippen molar-refractivity contribution in [3.05, 3.63) is 70.3 Å². The Kier molecular flexibility index (Phi) is 7.48. The number of hydrogen-bond donors (Lipinski definition) is 1. The van der Waals surface area contributed by atoms with Crippen LogP contribution in [0.3, 0.4) is 0 Å². The van der Waals surface area contributed by atoms with Crippen molar-refractivity contribution in [2.45, 2.75) is 18.7 Å². The number of pyridine rings is 1. The lowest BCUT2D eigenvalue weighted by atomic mass is 10.1. The zero-order valence-corrected chi connectivity index (χ0v) is 21.3. The van der Waals surface area contributed by atoms with Gasteiger partial charge in [-0.3, -0.25) is 13.9 Å². The molecule has 0 bridgehead atoms. The Hall–Kier alpha value is -3.93. The molecular weight excluding hydrogens is 503 g/mol. The van der Waals surface area contributed by atoms with Crippen LogP contribution >= 0.6 is 0 Å². The summed E-state index contributed by atoms with van der Waals surface area (Å²) in [6, 6.07) is 9.15. The van der Waals surface area contributed by atoms with Gasteiger partial charge in [0.25, 0.3) is 15.9 Å². The summed E-state index contributed by atoms with van der Waals surface area (Å²) in [6.45, 7) is 4.69. The predicted octanol–water partition coefficient (Wildman–Crippen LogP) is 2.80. The summed E-state index contributed by atoms with van der Waals surface area (Å²) >= 11 is 0. The second-order valence-corrected chi connectivity index (χ2v) is 10.2. The lowest BCUT2D eigenvalue weighted by molar-refractivity contribution is 0.0569. The average Bonchev–Trinajstić information content (AvgIpc) is 2.90. The Morgan fingerprint density at radius 3 is 2.30 bits per heavy atom. The molecule has 1 aliphatic rings. The van der Waals surface area contributed by atoms with Crippen molar-refractivity contribution in [1.82, 2.24) is 14.8 Å². The summed E-state index contributed by atoms with van der Waals surface area (Å²) in [4.78, 5) is 44.1. The van der Waals surface area contributed by atoms with E-state index < -0.39 is 33.3 Å². The highest BCUT2D eigenvalue weighted by atomic mass is 32.2. The first kappa shape index (κ1) is 26.1. The van der Waals surface area contributed by atoms with Gasteiger partial charge in [0.15, 0.2) is 0 Å². The molecule has 1 saturated heterocycles. The van der Waals surface area contributed by atoms with Gasteiger partial charge in [0, 0.05) is 49.8 Å². The third-order valence-corrected chi connectivity index (χ3v) is 8.06. The highest BCUT2D eigenvalue weighted by Crippen LogP contribution is 2.25. The lowest BCUT2D eigenvalue weighted by Gasteiger charge is -2.33. The van der Waals surface area contributed by atoms with Gasteiger partial charge in [0.05, 0.1) is 17.2 Å². The van der Waals surface area contributed by atoms with Crippen molar-refractivity contribution in [3.8, 4) is 0 Å². The number of rotatable bonds is 6. The highest BCUT2D eigenvalue weighted by molar-refractivity contribution is 7.92. The van der Waals surface area contributed by atoms with Gasteiger partial charge in [-0.25, -0.2) is 17.6 Å². The molecule has 2 heterocycles. The Morgan fingerprint density at radius 1 is 1.03 bits per heavy atom. The minimum Gasteiger partial charge on any atom is -0.450 e. The number of carbonyl (C=O) groups is 2. The number of nitrogens with one attached hydrogen (secondary N) is 1. The first-order chi connectivity index (χ1) is 17.7. The van der Waals surface area contributed by atoms with E-state index in [1.54, 1.807) is 13.8 Å². The summed E-state index contributed by atoms with van der Waals surface area (Å²) in [7, 11) is -4.08. The Balaban J connectivity index is 1.63. The molecule has 12 heteroatoms. The summed E-state index contributed by atoms with van der Waals surface area (Å²) in [5, 5.41) is 0.0484. The van der Waals surface area contributed by atoms with Gasteiger partial charge in [-0.1, -0.05) is 0 Å². The fourth-order valence-corrected chi connectivity index (χ4v) is 5.72. The van der Waals surface area contributed by atoms with E-state index in [0.717, 1.165) is 4.31 Å². The Morgan fingerprint density at radius 2 is 1.68 bits per heavy atom. The quantitative estimate of drug-likeness (QED) is 0.523. The molecule has 10 nitrogen and oxygen atoms in total. The van der Waals surface area contributed by atoms with Crippen LogP contribution in [-0.2, 0) is 14.8 Å². The largest absolute Gasteiger partial charge is 0.450 e. The fourth-order valence-electron chi connectivity index (χ4n) is 4.22. The van der Waals surface area contributed by atoms with E-state index >= 15 is 0 Å². The molecule has 1 N–H and O–H groups in total. The Bertz CT molecular complexity index is 1480. The van der Waals surface area contributed by atoms with Gasteiger partial charge in [0.1, 0.15) is 11.4 Å². The van der Waals surface area contributed by atoms with Crippen LogP contribution in [-0.4, -0.2) is 74.5 Å². The molecule has 1 aliphatic heterocycles. The van der Waals surface area contributed by atoms with Crippen LogP contribution in [0, 0.1) is 5.82 Å². The van der Waals surface area contributed by atoms with Crippen LogP contribution in [0.1, 0.15) is 24.2 Å². The monoisotopic (exact) mass is 530 g/mol. The minimum atomic E-state index is -4.08. The topological polar surface area (TPSA) is 120 Å². The molecule has 0 aliphatic carbocycles. The van der Waals surface area contributed by atoms with E-state index in [2.05, 4.69) is 4.98 Å². The number of aromatic nitrogens is 1. The van der Waals surface area contributed by atoms with Crippen LogP contribution < -0.4 is 9.73 Å². The van der Waals surface area contributed by atoms with Gasteiger partial charge in [-0.05, 0) is 56.3 Å². The van der Waals surface area contributed by atoms with Crippen molar-refractivity contribution in [2.24, 2.45) is 0 Å². The van der Waals surface area contributed by atoms with Crippen LogP contribution in [0.2, 0.25) is 0 Å². The number of piperazine rings is 1. The molecule has 3 aromatic rings. The number of sulfonamides is 1. The first-order valence-corrected chi connectivity index (χ1v) is 13.3. The summed E-state index contributed by atoms with van der Waals surface area (Å²) in [5.41, 5.74) is -0.0766. The number of ether oxygens (including phenoxy) is 1. The van der Waals surface area contributed by atoms with Crippen molar-refractivity contribution in [1.29, 1.82) is 0 Å². The number of benzene rings is 2. The standard InChI is InChI=1S/C25H27FN4O6S/c1-3-30(18-7-5-17(26)6-8-18)37(34,35)19-9-10-22-20(15-19)23(31)21(16-27-22)24(32)28-11-13-29(14-12-28)25(33)36-4-2/h5-10,15-16H,3-4,11-14H2,1-2H3,(H,27,31). The minimum absolute atomic E-state index is 0.0484. The van der Waals surface area contributed by atoms with Gasteiger partial charge in [-0.15, -0.1) is 0 Å². The maximum absolute atomic E-state index is 13.4. The second kappa shape index (κ2) is 10.6. The fraction of sp³-hybridized carbons (Fsp3) is 0.320. The summed E-state index contributed by atoms with van der Waals surface area (Å²) < 4.78 is 46.3. The molecule has 2 amide bonds. The molecule has 37 heavy (non-hydrogen) atoms. The van der Waals surface area contributed by atoms with Gasteiger partial charge in [0.2, 0.25) is 5.43 Å². The average molecular weight is 531 g/mol. The lowest BCUT2D eigenvalue weighted by Crippen LogP contribution is -2.51. The van der Waals surface area contributed by atoms with Crippen molar-refractivity contribution in [2.75, 3.05) is 43.6 Å². The number of H-pyrrole nitrogens is 1.